The van der Waals surface area contributed by atoms with Crippen LogP contribution in [0.5, 0.6) is 11.5 Å². The van der Waals surface area contributed by atoms with Crippen LogP contribution in [0.15, 0.2) is 48.5 Å². The topological polar surface area (TPSA) is 73.6 Å². The number of hydrogen-bond acceptors (Lipinski definition) is 4. The summed E-state index contributed by atoms with van der Waals surface area (Å²) in [6, 6.07) is 14.6. The van der Waals surface area contributed by atoms with Gasteiger partial charge >= 0.3 is 0 Å². The standard InChI is InChI=1S/C18H22N2O3.ClH/c1-2-11-22-16-7-9-17(10-8-16)23-13-18(21)20-15-5-3-14(12-19)4-6-15;/h3-10H,2,11-13,19H2,1H3,(H,20,21);1H. The molecular formula is C18H23ClN2O3. The minimum Gasteiger partial charge on any atom is -0.494 e. The number of benzene rings is 2. The van der Waals surface area contributed by atoms with Gasteiger partial charge in [0.15, 0.2) is 6.61 Å². The van der Waals surface area contributed by atoms with Gasteiger partial charge in [0, 0.05) is 12.2 Å². The molecule has 2 rings (SSSR count). The molecule has 3 N–H and O–H groups in total. The molecule has 6 heteroatoms. The van der Waals surface area contributed by atoms with Crippen molar-refractivity contribution in [1.29, 1.82) is 0 Å². The molecule has 0 unspecified atom stereocenters. The summed E-state index contributed by atoms with van der Waals surface area (Å²) in [6.45, 7) is 3.17. The molecule has 130 valence electrons. The van der Waals surface area contributed by atoms with Crippen molar-refractivity contribution in [2.45, 2.75) is 19.9 Å². The molecule has 24 heavy (non-hydrogen) atoms. The quantitative estimate of drug-likeness (QED) is 0.765. The number of halogens is 1. The number of hydrogen-bond donors (Lipinski definition) is 2. The second-order valence-corrected chi connectivity index (χ2v) is 5.06. The number of anilines is 1. The van der Waals surface area contributed by atoms with E-state index in [-0.39, 0.29) is 24.9 Å². The monoisotopic (exact) mass is 350 g/mol. The van der Waals surface area contributed by atoms with Crippen molar-refractivity contribution in [1.82, 2.24) is 0 Å². The highest BCUT2D eigenvalue weighted by atomic mass is 35.5. The fourth-order valence-corrected chi connectivity index (χ4v) is 1.92. The lowest BCUT2D eigenvalue weighted by Crippen LogP contribution is -2.20. The van der Waals surface area contributed by atoms with E-state index in [0.29, 0.717) is 18.9 Å². The fraction of sp³-hybridized carbons (Fsp3) is 0.278. The Morgan fingerprint density at radius 3 is 2.12 bits per heavy atom. The minimum absolute atomic E-state index is 0. The van der Waals surface area contributed by atoms with Crippen LogP contribution in [0.3, 0.4) is 0 Å². The zero-order chi connectivity index (χ0) is 16.5. The number of amides is 1. The third-order valence-corrected chi connectivity index (χ3v) is 3.14. The number of carbonyl (C=O) groups is 1. The summed E-state index contributed by atoms with van der Waals surface area (Å²) in [7, 11) is 0. The molecule has 0 aromatic heterocycles. The number of ether oxygens (including phenoxy) is 2. The van der Waals surface area contributed by atoms with E-state index in [1.165, 1.54) is 0 Å². The van der Waals surface area contributed by atoms with Crippen molar-refractivity contribution in [2.75, 3.05) is 18.5 Å². The molecule has 1 amide bonds. The highest BCUT2D eigenvalue weighted by Crippen LogP contribution is 2.17. The van der Waals surface area contributed by atoms with E-state index in [9.17, 15) is 4.79 Å². The van der Waals surface area contributed by atoms with Crippen LogP contribution >= 0.6 is 12.4 Å². The Morgan fingerprint density at radius 1 is 1.00 bits per heavy atom. The SMILES string of the molecule is CCCOc1ccc(OCC(=O)Nc2ccc(CN)cc2)cc1.Cl. The summed E-state index contributed by atoms with van der Waals surface area (Å²) in [5.41, 5.74) is 7.27. The summed E-state index contributed by atoms with van der Waals surface area (Å²) in [5, 5.41) is 2.77. The van der Waals surface area contributed by atoms with Crippen LogP contribution < -0.4 is 20.5 Å². The lowest BCUT2D eigenvalue weighted by Gasteiger charge is -2.09. The number of nitrogens with two attached hydrogens (primary N) is 1. The second-order valence-electron chi connectivity index (χ2n) is 5.06. The maximum Gasteiger partial charge on any atom is 0.262 e. The molecule has 2 aromatic carbocycles. The van der Waals surface area contributed by atoms with Gasteiger partial charge in [-0.3, -0.25) is 4.79 Å². The Labute approximate surface area is 148 Å². The normalized spacial score (nSPS) is 9.75. The van der Waals surface area contributed by atoms with Crippen LogP contribution in [-0.4, -0.2) is 19.1 Å². The van der Waals surface area contributed by atoms with Gasteiger partial charge in [-0.2, -0.15) is 0 Å². The van der Waals surface area contributed by atoms with Crippen LogP contribution in [0.25, 0.3) is 0 Å². The van der Waals surface area contributed by atoms with Crippen LogP contribution in [0.2, 0.25) is 0 Å². The first-order valence-electron chi connectivity index (χ1n) is 7.65. The highest BCUT2D eigenvalue weighted by molar-refractivity contribution is 5.91. The predicted molar refractivity (Wildman–Crippen MR) is 97.9 cm³/mol. The Kier molecular flexibility index (Phi) is 8.68. The van der Waals surface area contributed by atoms with Crippen molar-refractivity contribution < 1.29 is 14.3 Å². The largest absolute Gasteiger partial charge is 0.494 e. The molecule has 0 saturated carbocycles. The van der Waals surface area contributed by atoms with Crippen LogP contribution in [0.1, 0.15) is 18.9 Å². The van der Waals surface area contributed by atoms with E-state index < -0.39 is 0 Å². The molecule has 0 saturated heterocycles. The van der Waals surface area contributed by atoms with E-state index in [1.807, 2.05) is 36.4 Å². The van der Waals surface area contributed by atoms with Crippen molar-refractivity contribution in [2.24, 2.45) is 5.73 Å². The fourth-order valence-electron chi connectivity index (χ4n) is 1.92. The van der Waals surface area contributed by atoms with Gasteiger partial charge < -0.3 is 20.5 Å². The van der Waals surface area contributed by atoms with Gasteiger partial charge in [-0.15, -0.1) is 12.4 Å². The van der Waals surface area contributed by atoms with E-state index in [2.05, 4.69) is 12.2 Å². The van der Waals surface area contributed by atoms with E-state index in [1.54, 1.807) is 12.1 Å². The van der Waals surface area contributed by atoms with Crippen molar-refractivity contribution >= 4 is 24.0 Å². The highest BCUT2D eigenvalue weighted by Gasteiger charge is 2.04. The van der Waals surface area contributed by atoms with Crippen LogP contribution in [0.4, 0.5) is 5.69 Å². The molecule has 0 aliphatic carbocycles. The molecule has 5 nitrogen and oxygen atoms in total. The number of carbonyl (C=O) groups excluding carboxylic acids is 1. The summed E-state index contributed by atoms with van der Waals surface area (Å²) in [5.74, 6) is 1.21. The third-order valence-electron chi connectivity index (χ3n) is 3.14. The van der Waals surface area contributed by atoms with Crippen LogP contribution in [-0.2, 0) is 11.3 Å². The maximum absolute atomic E-state index is 11.9. The number of rotatable bonds is 8. The molecule has 2 aromatic rings. The molecule has 0 fully saturated rings. The van der Waals surface area contributed by atoms with Gasteiger partial charge in [0.2, 0.25) is 0 Å². The predicted octanol–water partition coefficient (Wildman–Crippen LogP) is 3.37. The van der Waals surface area contributed by atoms with Crippen molar-refractivity contribution in [3.8, 4) is 11.5 Å². The zero-order valence-corrected chi connectivity index (χ0v) is 14.5. The van der Waals surface area contributed by atoms with E-state index in [4.69, 9.17) is 15.2 Å². The van der Waals surface area contributed by atoms with E-state index in [0.717, 1.165) is 23.4 Å². The Morgan fingerprint density at radius 2 is 1.58 bits per heavy atom. The number of nitrogens with one attached hydrogen (secondary N) is 1. The van der Waals surface area contributed by atoms with Gasteiger partial charge in [-0.25, -0.2) is 0 Å². The average molecular weight is 351 g/mol. The molecule has 0 aliphatic rings. The summed E-state index contributed by atoms with van der Waals surface area (Å²) in [6.07, 6.45) is 0.963. The van der Waals surface area contributed by atoms with Gasteiger partial charge in [0.25, 0.3) is 5.91 Å². The molecule has 0 heterocycles. The third kappa shape index (κ3) is 6.48. The lowest BCUT2D eigenvalue weighted by molar-refractivity contribution is -0.118. The average Bonchev–Trinajstić information content (AvgIpc) is 2.59. The summed E-state index contributed by atoms with van der Waals surface area (Å²) < 4.78 is 10.9. The molecule has 0 bridgehead atoms. The lowest BCUT2D eigenvalue weighted by atomic mass is 10.2. The Balaban J connectivity index is 0.00000288. The minimum atomic E-state index is -0.211. The van der Waals surface area contributed by atoms with Gasteiger partial charge in [0.05, 0.1) is 6.61 Å². The maximum atomic E-state index is 11.9. The van der Waals surface area contributed by atoms with Gasteiger partial charge in [-0.05, 0) is 48.4 Å². The molecule has 0 aliphatic heterocycles. The van der Waals surface area contributed by atoms with Gasteiger partial charge in [0.1, 0.15) is 11.5 Å². The smallest absolute Gasteiger partial charge is 0.262 e. The first-order chi connectivity index (χ1) is 11.2. The zero-order valence-electron chi connectivity index (χ0n) is 13.7. The second kappa shape index (κ2) is 10.5. The molecular weight excluding hydrogens is 328 g/mol. The van der Waals surface area contributed by atoms with Crippen molar-refractivity contribution in [3.05, 3.63) is 54.1 Å². The summed E-state index contributed by atoms with van der Waals surface area (Å²) >= 11 is 0. The first kappa shape index (κ1) is 19.8. The van der Waals surface area contributed by atoms with E-state index >= 15 is 0 Å². The summed E-state index contributed by atoms with van der Waals surface area (Å²) in [4.78, 5) is 11.9. The molecule has 0 atom stereocenters. The molecule has 0 radical (unpaired) electrons. The first-order valence-corrected chi connectivity index (χ1v) is 7.65. The van der Waals surface area contributed by atoms with Crippen LogP contribution in [0, 0.1) is 0 Å². The van der Waals surface area contributed by atoms with Crippen molar-refractivity contribution in [3.63, 3.8) is 0 Å². The Bertz CT molecular complexity index is 615. The van der Waals surface area contributed by atoms with Gasteiger partial charge in [-0.1, -0.05) is 19.1 Å². The molecule has 0 spiro atoms. The Hall–Kier alpha value is -2.24.